The number of carboxylic acid groups (broad SMARTS) is 1. The molecule has 1 aliphatic rings. The molecule has 0 aliphatic heterocycles. The van der Waals surface area contributed by atoms with E-state index in [0.717, 1.165) is 25.8 Å². The molecular weight excluding hydrogens is 232 g/mol. The molecule has 1 saturated carbocycles. The molecule has 1 aliphatic carbocycles. The van der Waals surface area contributed by atoms with Crippen LogP contribution in [0.25, 0.3) is 0 Å². The number of rotatable bonds is 8. The largest absolute Gasteiger partial charge is 0.481 e. The summed E-state index contributed by atoms with van der Waals surface area (Å²) < 4.78 is 0. The molecule has 18 heavy (non-hydrogen) atoms. The van der Waals surface area contributed by atoms with Crippen LogP contribution in [0.15, 0.2) is 0 Å². The molecule has 0 atom stereocenters. The van der Waals surface area contributed by atoms with Gasteiger partial charge in [0.05, 0.1) is 0 Å². The predicted molar refractivity (Wildman–Crippen MR) is 69.5 cm³/mol. The van der Waals surface area contributed by atoms with Crippen molar-refractivity contribution in [2.24, 2.45) is 5.92 Å². The van der Waals surface area contributed by atoms with Crippen molar-refractivity contribution < 1.29 is 14.7 Å². The summed E-state index contributed by atoms with van der Waals surface area (Å²) in [4.78, 5) is 24.2. The van der Waals surface area contributed by atoms with Gasteiger partial charge in [0.15, 0.2) is 0 Å². The minimum Gasteiger partial charge on any atom is -0.481 e. The van der Waals surface area contributed by atoms with Gasteiger partial charge in [0.2, 0.25) is 0 Å². The van der Waals surface area contributed by atoms with Crippen LogP contribution in [0.5, 0.6) is 0 Å². The van der Waals surface area contributed by atoms with E-state index in [-0.39, 0.29) is 12.5 Å². The number of carbonyl (C=O) groups is 2. The lowest BCUT2D eigenvalue weighted by molar-refractivity contribution is -0.137. The summed E-state index contributed by atoms with van der Waals surface area (Å²) in [5.41, 5.74) is 0. The molecule has 0 aromatic rings. The molecule has 2 amide bonds. The fourth-order valence-corrected chi connectivity index (χ4v) is 1.77. The van der Waals surface area contributed by atoms with Gasteiger partial charge in [0, 0.05) is 25.6 Å². The molecule has 5 heteroatoms. The van der Waals surface area contributed by atoms with Gasteiger partial charge in [-0.25, -0.2) is 4.79 Å². The summed E-state index contributed by atoms with van der Waals surface area (Å²) in [6, 6.07) is 0.367. The molecular formula is C13H24N2O3. The summed E-state index contributed by atoms with van der Waals surface area (Å²) in [6.07, 6.45) is 3.81. The van der Waals surface area contributed by atoms with Gasteiger partial charge in [-0.15, -0.1) is 0 Å². The zero-order valence-electron chi connectivity index (χ0n) is 11.3. The second-order valence-electron chi connectivity index (χ2n) is 5.34. The minimum absolute atomic E-state index is 0.0384. The number of aliphatic carboxylic acids is 1. The SMILES string of the molecule is CC(C)CCN(C(=O)NCCCC(=O)O)C1CC1. The van der Waals surface area contributed by atoms with Gasteiger partial charge < -0.3 is 15.3 Å². The molecule has 0 heterocycles. The zero-order chi connectivity index (χ0) is 13.5. The van der Waals surface area contributed by atoms with Crippen LogP contribution in [0.2, 0.25) is 0 Å². The fraction of sp³-hybridized carbons (Fsp3) is 0.846. The molecule has 0 radical (unpaired) electrons. The molecule has 0 aromatic heterocycles. The Morgan fingerprint density at radius 3 is 2.56 bits per heavy atom. The lowest BCUT2D eigenvalue weighted by atomic mass is 10.1. The third kappa shape index (κ3) is 5.89. The highest BCUT2D eigenvalue weighted by Gasteiger charge is 2.32. The van der Waals surface area contributed by atoms with Crippen LogP contribution < -0.4 is 5.32 Å². The molecule has 1 fully saturated rings. The van der Waals surface area contributed by atoms with Crippen LogP contribution in [0.3, 0.4) is 0 Å². The number of urea groups is 1. The van der Waals surface area contributed by atoms with Crippen LogP contribution in [-0.2, 0) is 4.79 Å². The van der Waals surface area contributed by atoms with Crippen molar-refractivity contribution in [3.8, 4) is 0 Å². The van der Waals surface area contributed by atoms with Crippen molar-refractivity contribution in [2.45, 2.75) is 52.0 Å². The smallest absolute Gasteiger partial charge is 0.317 e. The van der Waals surface area contributed by atoms with Gasteiger partial charge in [0.1, 0.15) is 0 Å². The molecule has 0 spiro atoms. The first kappa shape index (κ1) is 14.8. The lowest BCUT2D eigenvalue weighted by Gasteiger charge is -2.23. The summed E-state index contributed by atoms with van der Waals surface area (Å²) in [6.45, 7) is 5.54. The Bertz CT molecular complexity index is 288. The first-order valence-electron chi connectivity index (χ1n) is 6.77. The standard InChI is InChI=1S/C13H24N2O3/c1-10(2)7-9-15(11-5-6-11)13(18)14-8-3-4-12(16)17/h10-11H,3-9H2,1-2H3,(H,14,18)(H,16,17). The van der Waals surface area contributed by atoms with Crippen molar-refractivity contribution >= 4 is 12.0 Å². The van der Waals surface area contributed by atoms with Crippen LogP contribution in [0.1, 0.15) is 46.0 Å². The van der Waals surface area contributed by atoms with E-state index in [1.807, 2.05) is 4.90 Å². The Labute approximate surface area is 109 Å². The van der Waals surface area contributed by atoms with Gasteiger partial charge in [0.25, 0.3) is 0 Å². The first-order valence-corrected chi connectivity index (χ1v) is 6.77. The van der Waals surface area contributed by atoms with E-state index in [9.17, 15) is 9.59 Å². The third-order valence-electron chi connectivity index (χ3n) is 3.04. The number of hydrogen-bond acceptors (Lipinski definition) is 2. The normalized spacial score (nSPS) is 14.6. The average molecular weight is 256 g/mol. The quantitative estimate of drug-likeness (QED) is 0.653. The average Bonchev–Trinajstić information content (AvgIpc) is 3.08. The minimum atomic E-state index is -0.817. The van der Waals surface area contributed by atoms with Crippen molar-refractivity contribution in [2.75, 3.05) is 13.1 Å². The molecule has 0 bridgehead atoms. The highest BCUT2D eigenvalue weighted by atomic mass is 16.4. The van der Waals surface area contributed by atoms with E-state index < -0.39 is 5.97 Å². The Kier molecular flexibility index (Phi) is 5.95. The van der Waals surface area contributed by atoms with E-state index in [1.165, 1.54) is 0 Å². The van der Waals surface area contributed by atoms with Crippen molar-refractivity contribution in [3.63, 3.8) is 0 Å². The Morgan fingerprint density at radius 1 is 1.39 bits per heavy atom. The van der Waals surface area contributed by atoms with Crippen LogP contribution in [-0.4, -0.2) is 41.1 Å². The molecule has 0 aromatic carbocycles. The summed E-state index contributed by atoms with van der Waals surface area (Å²) >= 11 is 0. The fourth-order valence-electron chi connectivity index (χ4n) is 1.77. The number of nitrogens with one attached hydrogen (secondary N) is 1. The van der Waals surface area contributed by atoms with Gasteiger partial charge in [-0.3, -0.25) is 4.79 Å². The van der Waals surface area contributed by atoms with Crippen molar-refractivity contribution in [3.05, 3.63) is 0 Å². The first-order chi connectivity index (χ1) is 8.50. The highest BCUT2D eigenvalue weighted by molar-refractivity contribution is 5.75. The Morgan fingerprint density at radius 2 is 2.06 bits per heavy atom. The number of hydrogen-bond donors (Lipinski definition) is 2. The van der Waals surface area contributed by atoms with Crippen LogP contribution in [0, 0.1) is 5.92 Å². The van der Waals surface area contributed by atoms with Crippen molar-refractivity contribution in [1.82, 2.24) is 10.2 Å². The van der Waals surface area contributed by atoms with E-state index >= 15 is 0 Å². The number of carboxylic acids is 1. The maximum Gasteiger partial charge on any atom is 0.317 e. The monoisotopic (exact) mass is 256 g/mol. The van der Waals surface area contributed by atoms with Gasteiger partial charge in [-0.05, 0) is 31.6 Å². The maximum absolute atomic E-state index is 11.9. The Hall–Kier alpha value is -1.26. The van der Waals surface area contributed by atoms with E-state index in [2.05, 4.69) is 19.2 Å². The number of amides is 2. The molecule has 1 rings (SSSR count). The van der Waals surface area contributed by atoms with Crippen molar-refractivity contribution in [1.29, 1.82) is 0 Å². The second kappa shape index (κ2) is 7.24. The van der Waals surface area contributed by atoms with E-state index in [4.69, 9.17) is 5.11 Å². The molecule has 5 nitrogen and oxygen atoms in total. The van der Waals surface area contributed by atoms with E-state index in [0.29, 0.717) is 24.9 Å². The van der Waals surface area contributed by atoms with E-state index in [1.54, 1.807) is 0 Å². The van der Waals surface area contributed by atoms with Gasteiger partial charge in [-0.2, -0.15) is 0 Å². The second-order valence-corrected chi connectivity index (χ2v) is 5.34. The molecule has 2 N–H and O–H groups in total. The molecule has 0 saturated heterocycles. The zero-order valence-corrected chi connectivity index (χ0v) is 11.3. The number of carbonyl (C=O) groups excluding carboxylic acids is 1. The topological polar surface area (TPSA) is 69.6 Å². The number of nitrogens with zero attached hydrogens (tertiary/aromatic N) is 1. The van der Waals surface area contributed by atoms with Gasteiger partial charge in [-0.1, -0.05) is 13.8 Å². The maximum atomic E-state index is 11.9. The predicted octanol–water partition coefficient (Wildman–Crippen LogP) is 2.07. The van der Waals surface area contributed by atoms with Gasteiger partial charge >= 0.3 is 12.0 Å². The van der Waals surface area contributed by atoms with Crippen LogP contribution >= 0.6 is 0 Å². The Balaban J connectivity index is 2.24. The third-order valence-corrected chi connectivity index (χ3v) is 3.04. The summed E-state index contributed by atoms with van der Waals surface area (Å²) in [7, 11) is 0. The molecule has 0 unspecified atom stereocenters. The summed E-state index contributed by atoms with van der Waals surface area (Å²) in [5.74, 6) is -0.228. The lowest BCUT2D eigenvalue weighted by Crippen LogP contribution is -2.42. The summed E-state index contributed by atoms with van der Waals surface area (Å²) in [5, 5.41) is 11.3. The van der Waals surface area contributed by atoms with Crippen LogP contribution in [0.4, 0.5) is 4.79 Å². The highest BCUT2D eigenvalue weighted by Crippen LogP contribution is 2.27. The molecule has 104 valence electrons.